The number of aliphatic hydroxyl groups excluding tert-OH is 1. The second-order valence-electron chi connectivity index (χ2n) is 6.59. The first-order chi connectivity index (χ1) is 12.6. The third-order valence-corrected chi connectivity index (χ3v) is 4.98. The van der Waals surface area contributed by atoms with Crippen LogP contribution in [0.15, 0.2) is 36.4 Å². The second-order valence-corrected chi connectivity index (χ2v) is 7.46. The van der Waals surface area contributed by atoms with Crippen molar-refractivity contribution in [1.29, 1.82) is 0 Å². The normalized spacial score (nSPS) is 12.8. The largest absolute Gasteiger partial charge is 0.390 e. The van der Waals surface area contributed by atoms with Gasteiger partial charge in [-0.2, -0.15) is 0 Å². The van der Waals surface area contributed by atoms with E-state index in [1.165, 1.54) is 12.8 Å². The average molecular weight is 394 g/mol. The molecule has 1 aromatic heterocycles. The van der Waals surface area contributed by atoms with Crippen molar-refractivity contribution in [3.63, 3.8) is 0 Å². The minimum atomic E-state index is -0.469. The highest BCUT2D eigenvalue weighted by molar-refractivity contribution is 6.33. The van der Waals surface area contributed by atoms with Gasteiger partial charge in [-0.05, 0) is 49.4 Å². The summed E-state index contributed by atoms with van der Waals surface area (Å²) in [6, 6.07) is 11.6. The molecule has 26 heavy (non-hydrogen) atoms. The molecule has 3 aromatic rings. The molecule has 0 saturated heterocycles. The number of aliphatic hydroxyl groups is 1. The number of unbranched alkanes of at least 4 members (excludes halogenated alkanes) is 2. The molecule has 6 heteroatoms. The first-order valence-corrected chi connectivity index (χ1v) is 9.87. The van der Waals surface area contributed by atoms with Crippen LogP contribution in [-0.4, -0.2) is 35.5 Å². The van der Waals surface area contributed by atoms with Crippen LogP contribution in [0.1, 0.15) is 26.2 Å². The third-order valence-electron chi connectivity index (χ3n) is 4.51. The second kappa shape index (κ2) is 8.96. The van der Waals surface area contributed by atoms with Crippen LogP contribution in [0.4, 0.5) is 0 Å². The zero-order valence-electron chi connectivity index (χ0n) is 14.9. The van der Waals surface area contributed by atoms with E-state index in [2.05, 4.69) is 17.7 Å². The van der Waals surface area contributed by atoms with Crippen molar-refractivity contribution in [2.75, 3.05) is 25.1 Å². The molecule has 0 radical (unpaired) electrons. The van der Waals surface area contributed by atoms with E-state index in [1.807, 2.05) is 41.1 Å². The number of halogens is 2. The summed E-state index contributed by atoms with van der Waals surface area (Å²) < 4.78 is 2.00. The zero-order valence-corrected chi connectivity index (χ0v) is 16.4. The van der Waals surface area contributed by atoms with Gasteiger partial charge in [0.1, 0.15) is 0 Å². The molecule has 0 aliphatic heterocycles. The summed E-state index contributed by atoms with van der Waals surface area (Å²) in [6.45, 7) is 4.15. The predicted molar refractivity (Wildman–Crippen MR) is 112 cm³/mol. The quantitative estimate of drug-likeness (QED) is 0.458. The summed E-state index contributed by atoms with van der Waals surface area (Å²) >= 11 is 12.4. The van der Waals surface area contributed by atoms with E-state index in [0.29, 0.717) is 23.1 Å². The maximum atomic E-state index is 10.3. The fourth-order valence-electron chi connectivity index (χ4n) is 3.18. The molecule has 3 N–H and O–H groups in total. The van der Waals surface area contributed by atoms with E-state index in [1.54, 1.807) is 0 Å². The molecule has 0 amide bonds. The smallest absolute Gasteiger partial charge is 0.0852 e. The van der Waals surface area contributed by atoms with Crippen LogP contribution in [0.2, 0.25) is 10.0 Å². The fourth-order valence-corrected chi connectivity index (χ4v) is 3.52. The van der Waals surface area contributed by atoms with Crippen LogP contribution in [0.5, 0.6) is 0 Å². The van der Waals surface area contributed by atoms with E-state index in [-0.39, 0.29) is 0 Å². The van der Waals surface area contributed by atoms with Gasteiger partial charge in [-0.1, -0.05) is 43.0 Å². The van der Waals surface area contributed by atoms with Crippen LogP contribution < -0.4 is 10.7 Å². The van der Waals surface area contributed by atoms with Crippen LogP contribution in [0.3, 0.4) is 0 Å². The highest BCUT2D eigenvalue weighted by atomic mass is 35.5. The molecule has 140 valence electrons. The predicted octanol–water partition coefficient (Wildman–Crippen LogP) is 4.79. The van der Waals surface area contributed by atoms with E-state index in [4.69, 9.17) is 23.2 Å². The van der Waals surface area contributed by atoms with Gasteiger partial charge in [0.25, 0.3) is 0 Å². The minimum absolute atomic E-state index is 0.449. The van der Waals surface area contributed by atoms with Crippen molar-refractivity contribution >= 4 is 45.0 Å². The summed E-state index contributed by atoms with van der Waals surface area (Å²) in [7, 11) is 0. The van der Waals surface area contributed by atoms with Crippen molar-refractivity contribution in [3.8, 4) is 0 Å². The first kappa shape index (κ1) is 19.3. The molecule has 0 bridgehead atoms. The number of benzene rings is 2. The Labute approximate surface area is 164 Å². The van der Waals surface area contributed by atoms with Gasteiger partial charge in [0.05, 0.1) is 23.7 Å². The summed E-state index contributed by atoms with van der Waals surface area (Å²) in [4.78, 5) is 0. The van der Waals surface area contributed by atoms with Gasteiger partial charge >= 0.3 is 0 Å². The molecular weight excluding hydrogens is 369 g/mol. The third kappa shape index (κ3) is 4.44. The summed E-state index contributed by atoms with van der Waals surface area (Å²) in [5, 5.41) is 17.0. The van der Waals surface area contributed by atoms with Gasteiger partial charge in [-0.25, -0.2) is 0 Å². The average Bonchev–Trinajstić information content (AvgIpc) is 2.92. The molecule has 0 spiro atoms. The Morgan fingerprint density at radius 1 is 0.962 bits per heavy atom. The number of rotatable bonds is 9. The summed E-state index contributed by atoms with van der Waals surface area (Å²) in [6.07, 6.45) is 3.09. The number of hydrogen-bond acceptors (Lipinski definition) is 3. The fraction of sp³-hybridized carbons (Fsp3) is 0.400. The molecule has 1 atom stereocenters. The maximum absolute atomic E-state index is 10.3. The van der Waals surface area contributed by atoms with Crippen molar-refractivity contribution in [2.24, 2.45) is 0 Å². The molecule has 0 fully saturated rings. The zero-order chi connectivity index (χ0) is 18.5. The van der Waals surface area contributed by atoms with Gasteiger partial charge in [-0.3, -0.25) is 4.68 Å². The van der Waals surface area contributed by atoms with Crippen molar-refractivity contribution < 1.29 is 5.11 Å². The van der Waals surface area contributed by atoms with Gasteiger partial charge in [-0.15, -0.1) is 0 Å². The molecule has 4 nitrogen and oxygen atoms in total. The summed E-state index contributed by atoms with van der Waals surface area (Å²) in [5.41, 5.74) is 5.36. The van der Waals surface area contributed by atoms with Crippen LogP contribution >= 0.6 is 23.2 Å². The number of nitrogens with zero attached hydrogens (tertiary/aromatic N) is 1. The lowest BCUT2D eigenvalue weighted by atomic mass is 10.1. The van der Waals surface area contributed by atoms with Gasteiger partial charge in [0.2, 0.25) is 0 Å². The monoisotopic (exact) mass is 393 g/mol. The van der Waals surface area contributed by atoms with Crippen molar-refractivity contribution in [2.45, 2.75) is 32.3 Å². The molecule has 1 unspecified atom stereocenters. The minimum Gasteiger partial charge on any atom is -0.390 e. The van der Waals surface area contributed by atoms with Crippen LogP contribution in [0.25, 0.3) is 21.8 Å². The SMILES string of the molecule is CCCCCNCC(O)CNn1c2ccc(Cl)cc2c2cc(Cl)ccc21. The standard InChI is InChI=1S/C20H25Cl2N3O/c1-2-3-4-9-23-12-16(26)13-24-25-19-7-5-14(21)10-17(19)18-11-15(22)6-8-20(18)25/h5-8,10-11,16,23-24,26H,2-4,9,12-13H2,1H3. The molecule has 0 aliphatic rings. The topological polar surface area (TPSA) is 49.2 Å². The highest BCUT2D eigenvalue weighted by Crippen LogP contribution is 2.31. The lowest BCUT2D eigenvalue weighted by Crippen LogP contribution is -2.35. The highest BCUT2D eigenvalue weighted by Gasteiger charge is 2.12. The Balaban J connectivity index is 1.74. The van der Waals surface area contributed by atoms with Crippen LogP contribution in [-0.2, 0) is 0 Å². The Morgan fingerprint density at radius 2 is 1.58 bits per heavy atom. The number of hydrogen-bond donors (Lipinski definition) is 3. The van der Waals surface area contributed by atoms with Crippen molar-refractivity contribution in [1.82, 2.24) is 9.99 Å². The molecule has 3 rings (SSSR count). The van der Waals surface area contributed by atoms with E-state index in [9.17, 15) is 5.11 Å². The number of aromatic nitrogens is 1. The lowest BCUT2D eigenvalue weighted by molar-refractivity contribution is 0.181. The Bertz CT molecular complexity index is 819. The Hall–Kier alpha value is -1.46. The van der Waals surface area contributed by atoms with Crippen LogP contribution in [0, 0.1) is 0 Å². The number of nitrogens with one attached hydrogen (secondary N) is 2. The Kier molecular flexibility index (Phi) is 6.65. The molecule has 0 saturated carbocycles. The van der Waals surface area contributed by atoms with E-state index in [0.717, 1.165) is 34.8 Å². The van der Waals surface area contributed by atoms with E-state index < -0.39 is 6.10 Å². The maximum Gasteiger partial charge on any atom is 0.0852 e. The molecule has 2 aromatic carbocycles. The number of fused-ring (bicyclic) bond motifs is 3. The van der Waals surface area contributed by atoms with Crippen molar-refractivity contribution in [3.05, 3.63) is 46.4 Å². The molecule has 0 aliphatic carbocycles. The van der Waals surface area contributed by atoms with E-state index >= 15 is 0 Å². The Morgan fingerprint density at radius 3 is 2.15 bits per heavy atom. The van der Waals surface area contributed by atoms with Gasteiger partial charge < -0.3 is 15.8 Å². The summed E-state index contributed by atoms with van der Waals surface area (Å²) in [5.74, 6) is 0. The first-order valence-electron chi connectivity index (χ1n) is 9.12. The molecule has 1 heterocycles. The molecular formula is C20H25Cl2N3O. The lowest BCUT2D eigenvalue weighted by Gasteiger charge is -2.16. The van der Waals surface area contributed by atoms with Gasteiger partial charge in [0, 0.05) is 27.4 Å². The van der Waals surface area contributed by atoms with Gasteiger partial charge in [0.15, 0.2) is 0 Å².